The third-order valence-corrected chi connectivity index (χ3v) is 7.51. The molecule has 3 N–H and O–H groups in total. The first kappa shape index (κ1) is 17.2. The Balaban J connectivity index is 2.94. The van der Waals surface area contributed by atoms with Crippen LogP contribution in [0.25, 0.3) is 0 Å². The number of amidine groups is 1. The zero-order chi connectivity index (χ0) is 15.6. The molecular weight excluding hydrogens is 306 g/mol. The van der Waals surface area contributed by atoms with E-state index in [0.29, 0.717) is 0 Å². The van der Waals surface area contributed by atoms with Crippen LogP contribution in [0.3, 0.4) is 0 Å². The van der Waals surface area contributed by atoms with Gasteiger partial charge < -0.3 is 10.9 Å². The van der Waals surface area contributed by atoms with Crippen molar-refractivity contribution in [2.75, 3.05) is 18.1 Å². The molecule has 0 spiro atoms. The summed E-state index contributed by atoms with van der Waals surface area (Å²) in [7, 11) is -6.80. The molecule has 118 valence electrons. The Morgan fingerprint density at radius 2 is 1.90 bits per heavy atom. The summed E-state index contributed by atoms with van der Waals surface area (Å²) < 4.78 is 48.9. The lowest BCUT2D eigenvalue weighted by molar-refractivity contribution is 0.311. The number of nitrogens with two attached hydrogens (primary N) is 1. The first-order valence-corrected chi connectivity index (χ1v) is 9.60. The molecule has 0 amide bonds. The molecule has 20 heavy (non-hydrogen) atoms. The van der Waals surface area contributed by atoms with Gasteiger partial charge in [0, 0.05) is 6.04 Å². The molecule has 0 bridgehead atoms. The number of sulfonamides is 1. The number of rotatable bonds is 5. The van der Waals surface area contributed by atoms with E-state index in [0.717, 1.165) is 4.31 Å². The fourth-order valence-corrected chi connectivity index (χ4v) is 6.02. The lowest BCUT2D eigenvalue weighted by atomic mass is 10.2. The standard InChI is InChI=1S/C10H21N3O5S2/c1-8(2)13(7-10(11)12-14)20(17,18)9-3-5-19(15,16)6-4-9/h8-9,14H,3-7H2,1-2H3,(H2,11,12). The summed E-state index contributed by atoms with van der Waals surface area (Å²) in [4.78, 5) is 0. The lowest BCUT2D eigenvalue weighted by Gasteiger charge is -2.31. The predicted molar refractivity (Wildman–Crippen MR) is 75.8 cm³/mol. The van der Waals surface area contributed by atoms with Gasteiger partial charge in [0.15, 0.2) is 5.84 Å². The summed E-state index contributed by atoms with van der Waals surface area (Å²) >= 11 is 0. The summed E-state index contributed by atoms with van der Waals surface area (Å²) in [6, 6.07) is -0.362. The van der Waals surface area contributed by atoms with E-state index in [1.165, 1.54) is 0 Å². The molecule has 0 aliphatic carbocycles. The van der Waals surface area contributed by atoms with Crippen molar-refractivity contribution in [3.05, 3.63) is 0 Å². The van der Waals surface area contributed by atoms with Gasteiger partial charge >= 0.3 is 0 Å². The van der Waals surface area contributed by atoms with E-state index in [-0.39, 0.29) is 42.8 Å². The van der Waals surface area contributed by atoms with Crippen LogP contribution >= 0.6 is 0 Å². The average Bonchev–Trinajstić information content (AvgIpc) is 2.34. The number of sulfone groups is 1. The van der Waals surface area contributed by atoms with Crippen molar-refractivity contribution in [2.24, 2.45) is 10.9 Å². The fraction of sp³-hybridized carbons (Fsp3) is 0.900. The first-order valence-electron chi connectivity index (χ1n) is 6.27. The average molecular weight is 327 g/mol. The molecule has 0 aromatic rings. The molecule has 0 radical (unpaired) electrons. The molecule has 1 aliphatic rings. The molecule has 0 aromatic heterocycles. The van der Waals surface area contributed by atoms with Crippen LogP contribution in [0.5, 0.6) is 0 Å². The number of hydrogen-bond acceptors (Lipinski definition) is 6. The monoisotopic (exact) mass is 327 g/mol. The lowest BCUT2D eigenvalue weighted by Crippen LogP contribution is -2.48. The van der Waals surface area contributed by atoms with E-state index in [9.17, 15) is 16.8 Å². The van der Waals surface area contributed by atoms with E-state index in [1.807, 2.05) is 0 Å². The summed E-state index contributed by atoms with van der Waals surface area (Å²) in [5, 5.41) is 10.6. The maximum atomic E-state index is 12.5. The maximum Gasteiger partial charge on any atom is 0.217 e. The van der Waals surface area contributed by atoms with Crippen molar-refractivity contribution < 1.29 is 22.0 Å². The third kappa shape index (κ3) is 4.06. The molecule has 1 aliphatic heterocycles. The van der Waals surface area contributed by atoms with Crippen molar-refractivity contribution in [3.63, 3.8) is 0 Å². The van der Waals surface area contributed by atoms with Gasteiger partial charge in [-0.05, 0) is 26.7 Å². The molecule has 10 heteroatoms. The van der Waals surface area contributed by atoms with Crippen molar-refractivity contribution in [3.8, 4) is 0 Å². The van der Waals surface area contributed by atoms with E-state index >= 15 is 0 Å². The Bertz CT molecular complexity index is 554. The Kier molecular flexibility index (Phi) is 5.39. The smallest absolute Gasteiger partial charge is 0.217 e. The molecule has 1 rings (SSSR count). The van der Waals surface area contributed by atoms with E-state index in [1.54, 1.807) is 13.8 Å². The Hall–Kier alpha value is -0.870. The van der Waals surface area contributed by atoms with Gasteiger partial charge in [-0.1, -0.05) is 5.16 Å². The summed E-state index contributed by atoms with van der Waals surface area (Å²) in [6.45, 7) is 3.16. The minimum atomic E-state index is -3.68. The maximum absolute atomic E-state index is 12.5. The van der Waals surface area contributed by atoms with Gasteiger partial charge in [-0.3, -0.25) is 0 Å². The van der Waals surface area contributed by atoms with Gasteiger partial charge in [0.05, 0.1) is 23.3 Å². The van der Waals surface area contributed by atoms with Gasteiger partial charge in [-0.15, -0.1) is 0 Å². The Morgan fingerprint density at radius 3 is 2.30 bits per heavy atom. The van der Waals surface area contributed by atoms with E-state index in [2.05, 4.69) is 5.16 Å². The number of hydrogen-bond donors (Lipinski definition) is 2. The number of oxime groups is 1. The first-order chi connectivity index (χ1) is 9.10. The number of nitrogens with zero attached hydrogens (tertiary/aromatic N) is 2. The second-order valence-electron chi connectivity index (χ2n) is 5.13. The molecule has 1 fully saturated rings. The highest BCUT2D eigenvalue weighted by atomic mass is 32.2. The van der Waals surface area contributed by atoms with Crippen LogP contribution in [0.1, 0.15) is 26.7 Å². The normalized spacial score (nSPS) is 21.5. The van der Waals surface area contributed by atoms with Crippen molar-refractivity contribution in [1.82, 2.24) is 4.31 Å². The van der Waals surface area contributed by atoms with Crippen LogP contribution in [-0.4, -0.2) is 61.5 Å². The summed E-state index contributed by atoms with van der Waals surface area (Å²) in [5.41, 5.74) is 5.38. The van der Waals surface area contributed by atoms with Crippen LogP contribution in [0.4, 0.5) is 0 Å². The Morgan fingerprint density at radius 1 is 1.40 bits per heavy atom. The third-order valence-electron chi connectivity index (χ3n) is 3.27. The van der Waals surface area contributed by atoms with Crippen LogP contribution < -0.4 is 5.73 Å². The molecule has 0 aromatic carbocycles. The van der Waals surface area contributed by atoms with Crippen LogP contribution in [0, 0.1) is 0 Å². The zero-order valence-corrected chi connectivity index (χ0v) is 13.2. The SMILES string of the molecule is CC(C)N(CC(N)=NO)S(=O)(=O)C1CCS(=O)(=O)CC1. The zero-order valence-electron chi connectivity index (χ0n) is 11.6. The van der Waals surface area contributed by atoms with Crippen LogP contribution in [0.15, 0.2) is 5.16 Å². The van der Waals surface area contributed by atoms with Crippen molar-refractivity contribution >= 4 is 25.7 Å². The molecule has 8 nitrogen and oxygen atoms in total. The second kappa shape index (κ2) is 6.27. The summed E-state index contributed by atoms with van der Waals surface area (Å²) in [5.74, 6) is -0.440. The van der Waals surface area contributed by atoms with Gasteiger partial charge in [0.1, 0.15) is 9.84 Å². The van der Waals surface area contributed by atoms with E-state index < -0.39 is 25.1 Å². The van der Waals surface area contributed by atoms with E-state index in [4.69, 9.17) is 10.9 Å². The molecule has 1 heterocycles. The van der Waals surface area contributed by atoms with Crippen molar-refractivity contribution in [2.45, 2.75) is 38.0 Å². The highest BCUT2D eigenvalue weighted by Crippen LogP contribution is 2.23. The minimum Gasteiger partial charge on any atom is -0.409 e. The highest BCUT2D eigenvalue weighted by molar-refractivity contribution is 7.92. The molecule has 0 atom stereocenters. The van der Waals surface area contributed by atoms with Crippen LogP contribution in [0.2, 0.25) is 0 Å². The Labute approximate surface area is 119 Å². The second-order valence-corrected chi connectivity index (χ2v) is 9.60. The molecule has 0 unspecified atom stereocenters. The molecular formula is C10H21N3O5S2. The fourth-order valence-electron chi connectivity index (χ4n) is 2.12. The quantitative estimate of drug-likeness (QED) is 0.299. The van der Waals surface area contributed by atoms with Crippen LogP contribution in [-0.2, 0) is 19.9 Å². The summed E-state index contributed by atoms with van der Waals surface area (Å²) in [6.07, 6.45) is 0.175. The van der Waals surface area contributed by atoms with Gasteiger partial charge in [0.25, 0.3) is 0 Å². The molecule has 1 saturated heterocycles. The predicted octanol–water partition coefficient (Wildman–Crippen LogP) is -0.650. The van der Waals surface area contributed by atoms with Crippen molar-refractivity contribution in [1.29, 1.82) is 0 Å². The topological polar surface area (TPSA) is 130 Å². The highest BCUT2D eigenvalue weighted by Gasteiger charge is 2.38. The molecule has 0 saturated carbocycles. The van der Waals surface area contributed by atoms with Gasteiger partial charge in [-0.25, -0.2) is 16.8 Å². The largest absolute Gasteiger partial charge is 0.409 e. The minimum absolute atomic E-state index is 0.0874. The van der Waals surface area contributed by atoms with Gasteiger partial charge in [0.2, 0.25) is 10.0 Å². The van der Waals surface area contributed by atoms with Gasteiger partial charge in [-0.2, -0.15) is 4.31 Å².